The Kier molecular flexibility index (Phi) is 4.97. The number of ketones is 1. The van der Waals surface area contributed by atoms with Gasteiger partial charge in [-0.25, -0.2) is 0 Å². The molecule has 3 aliphatic rings. The number of allylic oxidation sites excluding steroid dienone is 7. The molecule has 0 saturated heterocycles. The molecule has 3 heteroatoms. The van der Waals surface area contributed by atoms with E-state index in [1.54, 1.807) is 0 Å². The summed E-state index contributed by atoms with van der Waals surface area (Å²) >= 11 is 0. The highest BCUT2D eigenvalue weighted by molar-refractivity contribution is 6.15. The third kappa shape index (κ3) is 2.98. The Labute approximate surface area is 195 Å². The van der Waals surface area contributed by atoms with Crippen LogP contribution in [0.5, 0.6) is 0 Å². The molecule has 0 fully saturated rings. The summed E-state index contributed by atoms with van der Waals surface area (Å²) in [5.41, 5.74) is 6.49. The highest BCUT2D eigenvalue weighted by Gasteiger charge is 2.54. The lowest BCUT2D eigenvalue weighted by molar-refractivity contribution is 0.0863. The van der Waals surface area contributed by atoms with Crippen LogP contribution in [-0.2, 0) is 5.41 Å². The van der Waals surface area contributed by atoms with Crippen molar-refractivity contribution in [1.82, 2.24) is 0 Å². The topological polar surface area (TPSA) is 57.5 Å². The van der Waals surface area contributed by atoms with Crippen LogP contribution in [-0.4, -0.2) is 16.0 Å². The standard InChI is InChI=1S/C30H30O3/c1-17-13-21(14-18(2)27(17)31)30(22-15-19(3)28(32)20(4)16-22)26-12-8-7-10-24(26)23-9-5-6-11-25(23)29(30)33/h5-13,15,18,22,31-32H,14,16H2,1-4H3. The number of hydrogen-bond donors (Lipinski definition) is 2. The van der Waals surface area contributed by atoms with Gasteiger partial charge < -0.3 is 10.2 Å². The van der Waals surface area contributed by atoms with Crippen molar-refractivity contribution in [2.24, 2.45) is 11.8 Å². The SMILES string of the molecule is CC1=CC(C2(C3=CC(C)=C(O)C(C)C3)C(=O)c3ccccc3-c3ccccc32)CC(C)=C1O. The Hall–Kier alpha value is -3.33. The Bertz CT molecular complexity index is 1300. The molecule has 0 aliphatic heterocycles. The fraction of sp³-hybridized carbons (Fsp3) is 0.300. The molecule has 33 heavy (non-hydrogen) atoms. The van der Waals surface area contributed by atoms with E-state index in [2.05, 4.69) is 18.2 Å². The highest BCUT2D eigenvalue weighted by atomic mass is 16.3. The molecule has 3 atom stereocenters. The van der Waals surface area contributed by atoms with E-state index in [9.17, 15) is 15.0 Å². The quantitative estimate of drug-likeness (QED) is 0.514. The van der Waals surface area contributed by atoms with Crippen LogP contribution in [0, 0.1) is 11.8 Å². The van der Waals surface area contributed by atoms with E-state index in [0.717, 1.165) is 44.5 Å². The molecular formula is C30H30O3. The van der Waals surface area contributed by atoms with Crippen molar-refractivity contribution in [3.8, 4) is 11.1 Å². The van der Waals surface area contributed by atoms with Gasteiger partial charge >= 0.3 is 0 Å². The van der Waals surface area contributed by atoms with Crippen LogP contribution in [0.1, 0.15) is 56.5 Å². The maximum absolute atomic E-state index is 14.7. The summed E-state index contributed by atoms with van der Waals surface area (Å²) in [5, 5.41) is 21.2. The van der Waals surface area contributed by atoms with Gasteiger partial charge in [-0.05, 0) is 67.0 Å². The second-order valence-electron chi connectivity index (χ2n) is 9.86. The highest BCUT2D eigenvalue weighted by Crippen LogP contribution is 2.56. The van der Waals surface area contributed by atoms with Gasteiger partial charge in [0.15, 0.2) is 5.78 Å². The molecule has 2 aromatic rings. The average molecular weight is 439 g/mol. The van der Waals surface area contributed by atoms with Crippen molar-refractivity contribution in [3.05, 3.63) is 106 Å². The average Bonchev–Trinajstić information content (AvgIpc) is 2.81. The Balaban J connectivity index is 1.87. The fourth-order valence-electron chi connectivity index (χ4n) is 6.20. The van der Waals surface area contributed by atoms with E-state index in [-0.39, 0.29) is 17.6 Å². The molecule has 2 N–H and O–H groups in total. The van der Waals surface area contributed by atoms with Gasteiger partial charge in [-0.15, -0.1) is 0 Å². The maximum Gasteiger partial charge on any atom is 0.178 e. The van der Waals surface area contributed by atoms with Crippen molar-refractivity contribution >= 4 is 5.78 Å². The van der Waals surface area contributed by atoms with Gasteiger partial charge in [-0.2, -0.15) is 0 Å². The monoisotopic (exact) mass is 438 g/mol. The molecule has 0 aromatic heterocycles. The van der Waals surface area contributed by atoms with E-state index in [4.69, 9.17) is 0 Å². The number of carbonyl (C=O) groups is 1. The summed E-state index contributed by atoms with van der Waals surface area (Å²) in [6.45, 7) is 7.81. The number of fused-ring (bicyclic) bond motifs is 3. The molecule has 168 valence electrons. The fourth-order valence-corrected chi connectivity index (χ4v) is 6.20. The van der Waals surface area contributed by atoms with Gasteiger partial charge in [0.1, 0.15) is 5.76 Å². The van der Waals surface area contributed by atoms with Crippen LogP contribution in [0.25, 0.3) is 11.1 Å². The van der Waals surface area contributed by atoms with Crippen LogP contribution >= 0.6 is 0 Å². The van der Waals surface area contributed by atoms with Crippen LogP contribution in [0.3, 0.4) is 0 Å². The summed E-state index contributed by atoms with van der Waals surface area (Å²) < 4.78 is 0. The minimum atomic E-state index is -0.898. The predicted molar refractivity (Wildman–Crippen MR) is 132 cm³/mol. The van der Waals surface area contributed by atoms with Crippen molar-refractivity contribution in [1.29, 1.82) is 0 Å². The Morgan fingerprint density at radius 2 is 1.52 bits per heavy atom. The Morgan fingerprint density at radius 3 is 2.18 bits per heavy atom. The summed E-state index contributed by atoms with van der Waals surface area (Å²) in [6.07, 6.45) is 5.34. The second-order valence-corrected chi connectivity index (χ2v) is 9.86. The van der Waals surface area contributed by atoms with Crippen LogP contribution in [0.15, 0.2) is 94.5 Å². The van der Waals surface area contributed by atoms with Gasteiger partial charge in [-0.3, -0.25) is 4.79 Å². The summed E-state index contributed by atoms with van der Waals surface area (Å²) in [4.78, 5) is 14.7. The number of aliphatic hydroxyl groups excluding tert-OH is 2. The number of carbonyl (C=O) groups excluding carboxylic acids is 1. The van der Waals surface area contributed by atoms with Gasteiger partial charge in [0.2, 0.25) is 0 Å². The molecule has 0 radical (unpaired) electrons. The number of aliphatic hydroxyl groups is 2. The van der Waals surface area contributed by atoms with Crippen molar-refractivity contribution < 1.29 is 15.0 Å². The predicted octanol–water partition coefficient (Wildman–Crippen LogP) is 7.38. The van der Waals surface area contributed by atoms with E-state index in [1.165, 1.54) is 0 Å². The molecule has 0 saturated carbocycles. The molecular weight excluding hydrogens is 408 g/mol. The zero-order valence-corrected chi connectivity index (χ0v) is 19.6. The molecule has 3 nitrogen and oxygen atoms in total. The molecule has 0 spiro atoms. The number of Topliss-reactive ketones (excluding diaryl/α,β-unsaturated/α-hetero) is 1. The van der Waals surface area contributed by atoms with Gasteiger partial charge in [-0.1, -0.05) is 73.2 Å². The molecule has 2 aromatic carbocycles. The molecule has 3 unspecified atom stereocenters. The number of benzene rings is 2. The molecule has 0 bridgehead atoms. The first-order valence-electron chi connectivity index (χ1n) is 11.7. The lowest BCUT2D eigenvalue weighted by atomic mass is 9.53. The largest absolute Gasteiger partial charge is 0.512 e. The van der Waals surface area contributed by atoms with Crippen molar-refractivity contribution in [2.45, 2.75) is 46.0 Å². The smallest absolute Gasteiger partial charge is 0.178 e. The third-order valence-electron chi connectivity index (χ3n) is 7.78. The number of rotatable bonds is 2. The first kappa shape index (κ1) is 21.5. The van der Waals surface area contributed by atoms with E-state index in [0.29, 0.717) is 24.4 Å². The lowest BCUT2D eigenvalue weighted by Crippen LogP contribution is -2.48. The van der Waals surface area contributed by atoms with Crippen molar-refractivity contribution in [3.63, 3.8) is 0 Å². The third-order valence-corrected chi connectivity index (χ3v) is 7.78. The van der Waals surface area contributed by atoms with E-state index in [1.807, 2.05) is 70.2 Å². The summed E-state index contributed by atoms with van der Waals surface area (Å²) in [5.74, 6) is 0.639. The van der Waals surface area contributed by atoms with Crippen molar-refractivity contribution in [2.75, 3.05) is 0 Å². The van der Waals surface area contributed by atoms with E-state index < -0.39 is 5.41 Å². The van der Waals surface area contributed by atoms with E-state index >= 15 is 0 Å². The van der Waals surface area contributed by atoms with Gasteiger partial charge in [0.25, 0.3) is 0 Å². The zero-order valence-electron chi connectivity index (χ0n) is 19.6. The second kappa shape index (κ2) is 7.62. The Morgan fingerprint density at radius 1 is 0.879 bits per heavy atom. The molecule has 0 heterocycles. The molecule has 0 amide bonds. The van der Waals surface area contributed by atoms with Gasteiger partial charge in [0, 0.05) is 17.4 Å². The normalized spacial score (nSPS) is 27.1. The maximum atomic E-state index is 14.7. The molecule has 3 aliphatic carbocycles. The summed E-state index contributed by atoms with van der Waals surface area (Å²) in [6, 6.07) is 16.1. The van der Waals surface area contributed by atoms with Crippen LogP contribution < -0.4 is 0 Å². The van der Waals surface area contributed by atoms with Gasteiger partial charge in [0.05, 0.1) is 11.2 Å². The molecule has 5 rings (SSSR count). The van der Waals surface area contributed by atoms with Crippen LogP contribution in [0.2, 0.25) is 0 Å². The number of hydrogen-bond acceptors (Lipinski definition) is 3. The first-order chi connectivity index (χ1) is 15.8. The first-order valence-corrected chi connectivity index (χ1v) is 11.7. The summed E-state index contributed by atoms with van der Waals surface area (Å²) in [7, 11) is 0. The lowest BCUT2D eigenvalue weighted by Gasteiger charge is -2.47. The zero-order chi connectivity index (χ0) is 23.5. The minimum Gasteiger partial charge on any atom is -0.512 e. The minimum absolute atomic E-state index is 0.0577. The van der Waals surface area contributed by atoms with Crippen LogP contribution in [0.4, 0.5) is 0 Å².